The largest absolute Gasteiger partial charge is 0.344 e. The first-order valence-electron chi connectivity index (χ1n) is 5.81. The Morgan fingerprint density at radius 3 is 2.78 bits per heavy atom. The summed E-state index contributed by atoms with van der Waals surface area (Å²) in [5.74, 6) is -1.23. The molecule has 18 heavy (non-hydrogen) atoms. The molecule has 1 aliphatic heterocycles. The molecule has 1 heterocycles. The molecule has 1 unspecified atom stereocenters. The van der Waals surface area contributed by atoms with Crippen LogP contribution < -0.4 is 5.32 Å². The monoisotopic (exact) mass is 250 g/mol. The van der Waals surface area contributed by atoms with Crippen molar-refractivity contribution in [2.45, 2.75) is 19.4 Å². The normalized spacial score (nSPS) is 19.2. The van der Waals surface area contributed by atoms with E-state index in [0.29, 0.717) is 13.0 Å². The predicted octanol–water partition coefficient (Wildman–Crippen LogP) is 1.09. The van der Waals surface area contributed by atoms with Crippen LogP contribution in [0.1, 0.15) is 22.3 Å². The van der Waals surface area contributed by atoms with E-state index in [-0.39, 0.29) is 11.5 Å². The fraction of sp³-hybridized carbons (Fsp3) is 0.385. The van der Waals surface area contributed by atoms with Crippen molar-refractivity contribution in [2.75, 3.05) is 13.6 Å². The van der Waals surface area contributed by atoms with Crippen molar-refractivity contribution in [2.24, 2.45) is 0 Å². The van der Waals surface area contributed by atoms with E-state index in [2.05, 4.69) is 5.32 Å². The Morgan fingerprint density at radius 1 is 1.50 bits per heavy atom. The van der Waals surface area contributed by atoms with Gasteiger partial charge in [-0.1, -0.05) is 6.07 Å². The lowest BCUT2D eigenvalue weighted by atomic mass is 10.1. The van der Waals surface area contributed by atoms with Gasteiger partial charge >= 0.3 is 0 Å². The number of rotatable bonds is 2. The minimum Gasteiger partial charge on any atom is -0.344 e. The summed E-state index contributed by atoms with van der Waals surface area (Å²) in [6, 6.07) is 3.87. The molecule has 1 aromatic rings. The van der Waals surface area contributed by atoms with Gasteiger partial charge in [0.1, 0.15) is 11.9 Å². The van der Waals surface area contributed by atoms with Gasteiger partial charge in [0.05, 0.1) is 5.56 Å². The number of nitrogens with one attached hydrogen (secondary N) is 1. The molecule has 96 valence electrons. The Hall–Kier alpha value is -1.91. The number of amides is 2. The van der Waals surface area contributed by atoms with Gasteiger partial charge in [-0.3, -0.25) is 9.59 Å². The standard InChI is InChI=1S/C13H15FN2O2/c1-8-3-4-9(10(14)7-8)12(17)15-11-5-6-16(2)13(11)18/h3-4,7,11H,5-6H2,1-2H3,(H,15,17). The maximum absolute atomic E-state index is 13.6. The average molecular weight is 250 g/mol. The highest BCUT2D eigenvalue weighted by Gasteiger charge is 2.30. The van der Waals surface area contributed by atoms with Crippen molar-refractivity contribution in [1.82, 2.24) is 10.2 Å². The number of likely N-dealkylation sites (N-methyl/N-ethyl adjacent to an activating group) is 1. The van der Waals surface area contributed by atoms with Gasteiger partial charge in [-0.2, -0.15) is 0 Å². The summed E-state index contributed by atoms with van der Waals surface area (Å²) < 4.78 is 13.6. The number of likely N-dealkylation sites (tertiary alicyclic amines) is 1. The van der Waals surface area contributed by atoms with Crippen molar-refractivity contribution in [3.05, 3.63) is 35.1 Å². The van der Waals surface area contributed by atoms with Gasteiger partial charge in [0.25, 0.3) is 5.91 Å². The molecule has 1 aromatic carbocycles. The van der Waals surface area contributed by atoms with E-state index >= 15 is 0 Å². The van der Waals surface area contributed by atoms with E-state index in [9.17, 15) is 14.0 Å². The van der Waals surface area contributed by atoms with E-state index in [0.717, 1.165) is 5.56 Å². The van der Waals surface area contributed by atoms with Gasteiger partial charge in [-0.25, -0.2) is 4.39 Å². The highest BCUT2D eigenvalue weighted by molar-refractivity contribution is 5.98. The Balaban J connectivity index is 2.11. The fourth-order valence-corrected chi connectivity index (χ4v) is 2.00. The lowest BCUT2D eigenvalue weighted by Crippen LogP contribution is -2.40. The molecule has 0 aromatic heterocycles. The summed E-state index contributed by atoms with van der Waals surface area (Å²) in [5, 5.41) is 2.57. The van der Waals surface area contributed by atoms with E-state index < -0.39 is 17.8 Å². The molecule has 0 radical (unpaired) electrons. The van der Waals surface area contributed by atoms with Crippen LogP contribution in [-0.4, -0.2) is 36.3 Å². The number of hydrogen-bond donors (Lipinski definition) is 1. The zero-order valence-corrected chi connectivity index (χ0v) is 10.4. The molecule has 1 saturated heterocycles. The maximum atomic E-state index is 13.6. The van der Waals surface area contributed by atoms with Gasteiger partial charge in [-0.15, -0.1) is 0 Å². The number of hydrogen-bond acceptors (Lipinski definition) is 2. The smallest absolute Gasteiger partial charge is 0.254 e. The molecule has 2 rings (SSSR count). The van der Waals surface area contributed by atoms with E-state index in [1.807, 2.05) is 0 Å². The van der Waals surface area contributed by atoms with Crippen LogP contribution in [0.25, 0.3) is 0 Å². The zero-order valence-electron chi connectivity index (χ0n) is 10.4. The number of aryl methyl sites for hydroxylation is 1. The number of benzene rings is 1. The number of nitrogens with zero attached hydrogens (tertiary/aromatic N) is 1. The molecule has 2 amide bonds. The molecule has 0 aliphatic carbocycles. The Bertz CT molecular complexity index is 502. The molecule has 1 aliphatic rings. The molecule has 1 atom stereocenters. The van der Waals surface area contributed by atoms with Gasteiger partial charge in [0, 0.05) is 13.6 Å². The Morgan fingerprint density at radius 2 is 2.22 bits per heavy atom. The van der Waals surface area contributed by atoms with Crippen LogP contribution in [0.15, 0.2) is 18.2 Å². The van der Waals surface area contributed by atoms with Crippen molar-refractivity contribution < 1.29 is 14.0 Å². The SMILES string of the molecule is Cc1ccc(C(=O)NC2CCN(C)C2=O)c(F)c1. The summed E-state index contributed by atoms with van der Waals surface area (Å²) in [5.41, 5.74) is 0.726. The Labute approximate surface area is 105 Å². The summed E-state index contributed by atoms with van der Waals surface area (Å²) in [4.78, 5) is 25.0. The van der Waals surface area contributed by atoms with Crippen LogP contribution in [0.5, 0.6) is 0 Å². The molecule has 1 fully saturated rings. The third-order valence-electron chi connectivity index (χ3n) is 3.10. The first kappa shape index (κ1) is 12.5. The molecular formula is C13H15FN2O2. The van der Waals surface area contributed by atoms with Gasteiger partial charge in [0.15, 0.2) is 0 Å². The van der Waals surface area contributed by atoms with Crippen molar-refractivity contribution in [1.29, 1.82) is 0 Å². The zero-order chi connectivity index (χ0) is 13.3. The molecule has 0 saturated carbocycles. The van der Waals surface area contributed by atoms with Gasteiger partial charge in [-0.05, 0) is 31.0 Å². The van der Waals surface area contributed by atoms with Crippen molar-refractivity contribution >= 4 is 11.8 Å². The van der Waals surface area contributed by atoms with Crippen LogP contribution in [0, 0.1) is 12.7 Å². The van der Waals surface area contributed by atoms with Crippen LogP contribution in [0.2, 0.25) is 0 Å². The van der Waals surface area contributed by atoms with E-state index in [1.165, 1.54) is 12.1 Å². The predicted molar refractivity (Wildman–Crippen MR) is 64.6 cm³/mol. The second-order valence-corrected chi connectivity index (χ2v) is 4.56. The average Bonchev–Trinajstić information content (AvgIpc) is 2.61. The maximum Gasteiger partial charge on any atom is 0.254 e. The minimum absolute atomic E-state index is 0.0250. The molecule has 1 N–H and O–H groups in total. The van der Waals surface area contributed by atoms with Crippen LogP contribution >= 0.6 is 0 Å². The third kappa shape index (κ3) is 2.34. The Kier molecular flexibility index (Phi) is 3.32. The van der Waals surface area contributed by atoms with Crippen LogP contribution in [0.4, 0.5) is 4.39 Å². The van der Waals surface area contributed by atoms with E-state index in [1.54, 1.807) is 24.9 Å². The fourth-order valence-electron chi connectivity index (χ4n) is 2.00. The quantitative estimate of drug-likeness (QED) is 0.854. The molecular weight excluding hydrogens is 235 g/mol. The van der Waals surface area contributed by atoms with Crippen molar-refractivity contribution in [3.8, 4) is 0 Å². The third-order valence-corrected chi connectivity index (χ3v) is 3.10. The highest BCUT2D eigenvalue weighted by atomic mass is 19.1. The molecule has 5 heteroatoms. The number of carbonyl (C=O) groups is 2. The summed E-state index contributed by atoms with van der Waals surface area (Å²) in [6.45, 7) is 2.36. The number of halogens is 1. The second kappa shape index (κ2) is 4.76. The highest BCUT2D eigenvalue weighted by Crippen LogP contribution is 2.13. The lowest BCUT2D eigenvalue weighted by molar-refractivity contribution is -0.128. The van der Waals surface area contributed by atoms with Crippen LogP contribution in [-0.2, 0) is 4.79 Å². The van der Waals surface area contributed by atoms with Crippen LogP contribution in [0.3, 0.4) is 0 Å². The number of carbonyl (C=O) groups excluding carboxylic acids is 2. The second-order valence-electron chi connectivity index (χ2n) is 4.56. The molecule has 0 spiro atoms. The van der Waals surface area contributed by atoms with Crippen molar-refractivity contribution in [3.63, 3.8) is 0 Å². The minimum atomic E-state index is -0.564. The van der Waals surface area contributed by atoms with Gasteiger partial charge < -0.3 is 10.2 Å². The molecule has 4 nitrogen and oxygen atoms in total. The van der Waals surface area contributed by atoms with E-state index in [4.69, 9.17) is 0 Å². The summed E-state index contributed by atoms with van der Waals surface area (Å²) >= 11 is 0. The summed E-state index contributed by atoms with van der Waals surface area (Å²) in [6.07, 6.45) is 0.564. The first-order valence-corrected chi connectivity index (χ1v) is 5.81. The molecule has 0 bridgehead atoms. The lowest BCUT2D eigenvalue weighted by Gasteiger charge is -2.12. The van der Waals surface area contributed by atoms with Gasteiger partial charge in [0.2, 0.25) is 5.91 Å². The first-order chi connectivity index (χ1) is 8.49. The summed E-state index contributed by atoms with van der Waals surface area (Å²) in [7, 11) is 1.68. The topological polar surface area (TPSA) is 49.4 Å².